The molecule has 1 N–H and O–H groups in total. The van der Waals surface area contributed by atoms with Crippen LogP contribution in [0.4, 0.5) is 0 Å². The van der Waals surface area contributed by atoms with Gasteiger partial charge in [0.2, 0.25) is 10.0 Å². The SMILES string of the molecule is CC1CN(S(=O)(=O)c2cc(CO)n(C)c2)CCCO1. The van der Waals surface area contributed by atoms with Crippen LogP contribution in [0.3, 0.4) is 0 Å². The van der Waals surface area contributed by atoms with Crippen molar-refractivity contribution in [3.8, 4) is 0 Å². The van der Waals surface area contributed by atoms with Gasteiger partial charge in [0.25, 0.3) is 0 Å². The van der Waals surface area contributed by atoms with Crippen LogP contribution in [0.25, 0.3) is 0 Å². The van der Waals surface area contributed by atoms with E-state index >= 15 is 0 Å². The van der Waals surface area contributed by atoms with Crippen LogP contribution in [0.2, 0.25) is 0 Å². The molecule has 1 fully saturated rings. The molecule has 6 nitrogen and oxygen atoms in total. The number of aliphatic hydroxyl groups excluding tert-OH is 1. The van der Waals surface area contributed by atoms with E-state index < -0.39 is 10.0 Å². The lowest BCUT2D eigenvalue weighted by Gasteiger charge is -2.20. The van der Waals surface area contributed by atoms with E-state index in [4.69, 9.17) is 9.84 Å². The summed E-state index contributed by atoms with van der Waals surface area (Å²) in [5.41, 5.74) is 0.581. The van der Waals surface area contributed by atoms with Crippen LogP contribution in [0.1, 0.15) is 19.0 Å². The summed E-state index contributed by atoms with van der Waals surface area (Å²) in [6.45, 7) is 3.12. The maximum absolute atomic E-state index is 12.5. The molecule has 0 spiro atoms. The maximum Gasteiger partial charge on any atom is 0.244 e. The molecule has 19 heavy (non-hydrogen) atoms. The molecule has 1 saturated heterocycles. The highest BCUT2D eigenvalue weighted by atomic mass is 32.2. The van der Waals surface area contributed by atoms with Crippen LogP contribution in [0.15, 0.2) is 17.2 Å². The van der Waals surface area contributed by atoms with Gasteiger partial charge < -0.3 is 14.4 Å². The summed E-state index contributed by atoms with van der Waals surface area (Å²) in [7, 11) is -1.79. The molecule has 2 heterocycles. The van der Waals surface area contributed by atoms with Crippen LogP contribution in [-0.4, -0.2) is 48.2 Å². The first kappa shape index (κ1) is 14.5. The fourth-order valence-electron chi connectivity index (χ4n) is 2.20. The lowest BCUT2D eigenvalue weighted by molar-refractivity contribution is 0.0752. The van der Waals surface area contributed by atoms with Gasteiger partial charge >= 0.3 is 0 Å². The predicted octanol–water partition coefficient (Wildman–Crippen LogP) is 0.317. The molecule has 1 aliphatic rings. The highest BCUT2D eigenvalue weighted by molar-refractivity contribution is 7.89. The van der Waals surface area contributed by atoms with Gasteiger partial charge in [0.05, 0.1) is 12.7 Å². The first-order valence-corrected chi connectivity index (χ1v) is 7.77. The largest absolute Gasteiger partial charge is 0.390 e. The van der Waals surface area contributed by atoms with E-state index in [1.807, 2.05) is 6.92 Å². The molecule has 108 valence electrons. The quantitative estimate of drug-likeness (QED) is 0.869. The monoisotopic (exact) mass is 288 g/mol. The molecule has 0 bridgehead atoms. The number of ether oxygens (including phenoxy) is 1. The van der Waals surface area contributed by atoms with Crippen LogP contribution in [-0.2, 0) is 28.4 Å². The van der Waals surface area contributed by atoms with Crippen LogP contribution in [0, 0.1) is 0 Å². The summed E-state index contributed by atoms with van der Waals surface area (Å²) in [6.07, 6.45) is 2.14. The number of hydrogen-bond donors (Lipinski definition) is 1. The average Bonchev–Trinajstić information content (AvgIpc) is 2.60. The number of aromatic nitrogens is 1. The number of hydrogen-bond acceptors (Lipinski definition) is 4. The highest BCUT2D eigenvalue weighted by Gasteiger charge is 2.29. The number of nitrogens with zero attached hydrogens (tertiary/aromatic N) is 2. The van der Waals surface area contributed by atoms with E-state index in [0.29, 0.717) is 31.8 Å². The van der Waals surface area contributed by atoms with Crippen molar-refractivity contribution in [1.29, 1.82) is 0 Å². The summed E-state index contributed by atoms with van der Waals surface area (Å²) in [5, 5.41) is 9.15. The fraction of sp³-hybridized carbons (Fsp3) is 0.667. The van der Waals surface area contributed by atoms with Crippen LogP contribution in [0.5, 0.6) is 0 Å². The van der Waals surface area contributed by atoms with Gasteiger partial charge in [-0.3, -0.25) is 0 Å². The second-order valence-electron chi connectivity index (χ2n) is 4.83. The Balaban J connectivity index is 2.29. The molecule has 1 aromatic heterocycles. The van der Waals surface area contributed by atoms with Gasteiger partial charge in [0.15, 0.2) is 0 Å². The van der Waals surface area contributed by atoms with Gasteiger partial charge in [0.1, 0.15) is 4.90 Å². The molecule has 1 aromatic rings. The molecule has 0 saturated carbocycles. The number of aliphatic hydroxyl groups is 1. The molecule has 0 aromatic carbocycles. The molecule has 0 amide bonds. The number of sulfonamides is 1. The first-order valence-electron chi connectivity index (χ1n) is 6.33. The third kappa shape index (κ3) is 3.00. The molecule has 7 heteroatoms. The smallest absolute Gasteiger partial charge is 0.244 e. The summed E-state index contributed by atoms with van der Waals surface area (Å²) in [6, 6.07) is 1.52. The molecule has 2 rings (SSSR count). The van der Waals surface area contributed by atoms with E-state index in [0.717, 1.165) is 0 Å². The lowest BCUT2D eigenvalue weighted by atomic mass is 10.4. The van der Waals surface area contributed by atoms with Crippen LogP contribution < -0.4 is 0 Å². The Bertz CT molecular complexity index is 538. The topological polar surface area (TPSA) is 71.8 Å². The number of aryl methyl sites for hydroxylation is 1. The fourth-order valence-corrected chi connectivity index (χ4v) is 3.85. The van der Waals surface area contributed by atoms with E-state index in [9.17, 15) is 8.42 Å². The molecule has 1 aliphatic heterocycles. The average molecular weight is 288 g/mol. The normalized spacial score (nSPS) is 22.4. The van der Waals surface area contributed by atoms with Gasteiger partial charge in [0, 0.05) is 38.6 Å². The molecule has 0 radical (unpaired) electrons. The summed E-state index contributed by atoms with van der Waals surface area (Å²) < 4.78 is 33.6. The van der Waals surface area contributed by atoms with Crippen molar-refractivity contribution in [2.24, 2.45) is 7.05 Å². The Morgan fingerprint density at radius 2 is 2.26 bits per heavy atom. The minimum atomic E-state index is -3.51. The number of rotatable bonds is 3. The summed E-state index contributed by atoms with van der Waals surface area (Å²) in [4.78, 5) is 0.230. The summed E-state index contributed by atoms with van der Waals surface area (Å²) >= 11 is 0. The van der Waals surface area contributed by atoms with Crippen molar-refractivity contribution >= 4 is 10.0 Å². The van der Waals surface area contributed by atoms with Crippen LogP contribution >= 0.6 is 0 Å². The van der Waals surface area contributed by atoms with Crippen molar-refractivity contribution in [3.05, 3.63) is 18.0 Å². The molecule has 1 atom stereocenters. The van der Waals surface area contributed by atoms with E-state index in [1.165, 1.54) is 16.6 Å². The zero-order valence-corrected chi connectivity index (χ0v) is 12.1. The first-order chi connectivity index (χ1) is 8.95. The molecule has 1 unspecified atom stereocenters. The Hall–Kier alpha value is -0.890. The van der Waals surface area contributed by atoms with Crippen molar-refractivity contribution in [2.45, 2.75) is 31.0 Å². The highest BCUT2D eigenvalue weighted by Crippen LogP contribution is 2.20. The van der Waals surface area contributed by atoms with Gasteiger partial charge in [-0.25, -0.2) is 8.42 Å². The van der Waals surface area contributed by atoms with Gasteiger partial charge in [-0.1, -0.05) is 0 Å². The molecular weight excluding hydrogens is 268 g/mol. The summed E-state index contributed by atoms with van der Waals surface area (Å²) in [5.74, 6) is 0. The minimum absolute atomic E-state index is 0.0988. The standard InChI is InChI=1S/C12H20N2O4S/c1-10-7-14(4-3-5-18-10)19(16,17)12-6-11(9-15)13(2)8-12/h6,8,10,15H,3-5,7,9H2,1-2H3. The Kier molecular flexibility index (Phi) is 4.29. The second kappa shape index (κ2) is 5.62. The second-order valence-corrected chi connectivity index (χ2v) is 6.77. The Morgan fingerprint density at radius 3 is 2.89 bits per heavy atom. The zero-order valence-electron chi connectivity index (χ0n) is 11.2. The predicted molar refractivity (Wildman–Crippen MR) is 70.1 cm³/mol. The van der Waals surface area contributed by atoms with Crippen molar-refractivity contribution in [2.75, 3.05) is 19.7 Å². The van der Waals surface area contributed by atoms with Crippen molar-refractivity contribution in [1.82, 2.24) is 8.87 Å². The Labute approximate surface area is 113 Å². The molecule has 0 aliphatic carbocycles. The minimum Gasteiger partial charge on any atom is -0.390 e. The third-order valence-corrected chi connectivity index (χ3v) is 5.13. The zero-order chi connectivity index (χ0) is 14.0. The van der Waals surface area contributed by atoms with E-state index in [2.05, 4.69) is 0 Å². The van der Waals surface area contributed by atoms with Crippen molar-refractivity contribution in [3.63, 3.8) is 0 Å². The van der Waals surface area contributed by atoms with Gasteiger partial charge in [-0.2, -0.15) is 4.31 Å². The van der Waals surface area contributed by atoms with Gasteiger partial charge in [-0.05, 0) is 19.4 Å². The van der Waals surface area contributed by atoms with E-state index in [-0.39, 0.29) is 17.6 Å². The molecular formula is C12H20N2O4S. The Morgan fingerprint density at radius 1 is 1.53 bits per heavy atom. The maximum atomic E-state index is 12.5. The lowest BCUT2D eigenvalue weighted by Crippen LogP contribution is -2.35. The van der Waals surface area contributed by atoms with Crippen molar-refractivity contribution < 1.29 is 18.3 Å². The van der Waals surface area contributed by atoms with E-state index in [1.54, 1.807) is 11.6 Å². The third-order valence-electron chi connectivity index (χ3n) is 3.30. The van der Waals surface area contributed by atoms with Gasteiger partial charge in [-0.15, -0.1) is 0 Å².